The molecule has 3 unspecified atom stereocenters. The molecular formula is C30H27N5O6S. The van der Waals surface area contributed by atoms with Gasteiger partial charge in [-0.3, -0.25) is 24.4 Å². The number of benzene rings is 2. The molecule has 214 valence electrons. The highest BCUT2D eigenvalue weighted by molar-refractivity contribution is 7.89. The van der Waals surface area contributed by atoms with Gasteiger partial charge in [-0.25, -0.2) is 8.42 Å². The number of nitrogens with one attached hydrogen (secondary N) is 1. The molecule has 11 nitrogen and oxygen atoms in total. The molecular weight excluding hydrogens is 558 g/mol. The van der Waals surface area contributed by atoms with Gasteiger partial charge in [-0.05, 0) is 48.4 Å². The predicted octanol–water partition coefficient (Wildman–Crippen LogP) is 1.92. The zero-order valence-corrected chi connectivity index (χ0v) is 23.1. The molecule has 0 spiro atoms. The Morgan fingerprint density at radius 1 is 1.02 bits per heavy atom. The van der Waals surface area contributed by atoms with E-state index in [1.54, 1.807) is 36.5 Å². The van der Waals surface area contributed by atoms with Crippen molar-refractivity contribution in [1.29, 1.82) is 0 Å². The summed E-state index contributed by atoms with van der Waals surface area (Å²) < 4.78 is 27.9. The van der Waals surface area contributed by atoms with Gasteiger partial charge in [-0.15, -0.1) is 0 Å². The van der Waals surface area contributed by atoms with Crippen molar-refractivity contribution in [2.24, 2.45) is 0 Å². The highest BCUT2D eigenvalue weighted by atomic mass is 32.2. The van der Waals surface area contributed by atoms with Crippen molar-refractivity contribution in [3.63, 3.8) is 0 Å². The number of amides is 2. The molecule has 2 N–H and O–H groups in total. The topological polar surface area (TPSA) is 150 Å². The second-order valence-electron chi connectivity index (χ2n) is 10.3. The number of hydrogen-bond acceptors (Lipinski definition) is 8. The molecule has 3 atom stereocenters. The Hall–Kier alpha value is -4.68. The van der Waals surface area contributed by atoms with E-state index in [9.17, 15) is 27.9 Å². The predicted molar refractivity (Wildman–Crippen MR) is 152 cm³/mol. The lowest BCUT2D eigenvalue weighted by Crippen LogP contribution is -2.53. The smallest absolute Gasteiger partial charge is 0.254 e. The number of aromatic hydroxyl groups is 1. The number of pyridine rings is 2. The molecule has 6 rings (SSSR count). The van der Waals surface area contributed by atoms with Crippen LogP contribution in [0, 0.1) is 0 Å². The highest BCUT2D eigenvalue weighted by Crippen LogP contribution is 2.34. The maximum absolute atomic E-state index is 14.1. The number of phenols is 1. The van der Waals surface area contributed by atoms with E-state index >= 15 is 0 Å². The third-order valence-electron chi connectivity index (χ3n) is 7.76. The minimum atomic E-state index is -4.01. The third kappa shape index (κ3) is 4.99. The molecule has 2 aromatic carbocycles. The summed E-state index contributed by atoms with van der Waals surface area (Å²) in [6, 6.07) is 15.2. The van der Waals surface area contributed by atoms with Gasteiger partial charge in [0.15, 0.2) is 5.78 Å². The van der Waals surface area contributed by atoms with Gasteiger partial charge in [0.05, 0.1) is 23.7 Å². The highest BCUT2D eigenvalue weighted by Gasteiger charge is 2.54. The standard InChI is InChI=1S/C30H27N5O6S/c36-21-10-8-19(9-11-21)16-24(33-29(38)23-7-1-4-20-5-2-14-32-27(20)23)30(39)34-15-12-25-28(34)26(37)18-35(25)42(40,41)22-6-3-13-31-17-22/h1-11,13-14,17,24-25,28,36H,12,15-16,18H2,(H,33,38). The summed E-state index contributed by atoms with van der Waals surface area (Å²) in [4.78, 5) is 50.4. The molecule has 42 heavy (non-hydrogen) atoms. The second-order valence-corrected chi connectivity index (χ2v) is 12.2. The molecule has 2 fully saturated rings. The number of rotatable bonds is 7. The van der Waals surface area contributed by atoms with Crippen molar-refractivity contribution in [2.45, 2.75) is 35.9 Å². The van der Waals surface area contributed by atoms with Crippen LogP contribution in [0.25, 0.3) is 10.9 Å². The van der Waals surface area contributed by atoms with Gasteiger partial charge in [-0.2, -0.15) is 4.31 Å². The monoisotopic (exact) mass is 585 g/mol. The Balaban J connectivity index is 1.29. The molecule has 2 saturated heterocycles. The number of hydrogen-bond donors (Lipinski definition) is 2. The second kappa shape index (κ2) is 11.0. The van der Waals surface area contributed by atoms with Crippen molar-refractivity contribution >= 4 is 38.5 Å². The lowest BCUT2D eigenvalue weighted by molar-refractivity contribution is -0.138. The largest absolute Gasteiger partial charge is 0.508 e. The lowest BCUT2D eigenvalue weighted by atomic mass is 10.0. The number of ketones is 1. The number of para-hydroxylation sites is 1. The minimum Gasteiger partial charge on any atom is -0.508 e. The summed E-state index contributed by atoms with van der Waals surface area (Å²) in [5, 5.41) is 13.3. The van der Waals surface area contributed by atoms with Crippen molar-refractivity contribution in [3.8, 4) is 5.75 Å². The number of sulfonamides is 1. The lowest BCUT2D eigenvalue weighted by Gasteiger charge is -2.28. The Bertz CT molecular complexity index is 1780. The number of aromatic nitrogens is 2. The summed E-state index contributed by atoms with van der Waals surface area (Å²) in [5.41, 5.74) is 1.45. The summed E-state index contributed by atoms with van der Waals surface area (Å²) in [7, 11) is -4.01. The summed E-state index contributed by atoms with van der Waals surface area (Å²) >= 11 is 0. The van der Waals surface area contributed by atoms with Gasteiger partial charge < -0.3 is 15.3 Å². The number of likely N-dealkylation sites (tertiary alicyclic amines) is 1. The maximum Gasteiger partial charge on any atom is 0.254 e. The molecule has 0 saturated carbocycles. The van der Waals surface area contributed by atoms with Crippen molar-refractivity contribution in [2.75, 3.05) is 13.1 Å². The molecule has 2 aliphatic heterocycles. The number of nitrogens with zero attached hydrogens (tertiary/aromatic N) is 4. The van der Waals surface area contributed by atoms with Crippen LogP contribution in [0.2, 0.25) is 0 Å². The SMILES string of the molecule is O=C(NC(Cc1ccc(O)cc1)C(=O)N1CCC2C1C(=O)CN2S(=O)(=O)c1cccnc1)c1cccc2cccnc12. The van der Waals surface area contributed by atoms with E-state index in [4.69, 9.17) is 0 Å². The van der Waals surface area contributed by atoms with E-state index < -0.39 is 40.0 Å². The molecule has 2 aliphatic rings. The molecule has 2 amide bonds. The fourth-order valence-electron chi connectivity index (χ4n) is 5.77. The average molecular weight is 586 g/mol. The fourth-order valence-corrected chi connectivity index (χ4v) is 7.36. The van der Waals surface area contributed by atoms with E-state index in [-0.39, 0.29) is 42.4 Å². The van der Waals surface area contributed by atoms with Crippen LogP contribution in [0.1, 0.15) is 22.3 Å². The van der Waals surface area contributed by atoms with Crippen LogP contribution in [-0.2, 0) is 26.0 Å². The van der Waals surface area contributed by atoms with Gasteiger partial charge in [-0.1, -0.05) is 30.3 Å². The zero-order chi connectivity index (χ0) is 29.4. The maximum atomic E-state index is 14.1. The van der Waals surface area contributed by atoms with Crippen LogP contribution >= 0.6 is 0 Å². The van der Waals surface area contributed by atoms with Crippen molar-refractivity contribution < 1.29 is 27.9 Å². The van der Waals surface area contributed by atoms with E-state index in [1.807, 2.05) is 12.1 Å². The first kappa shape index (κ1) is 27.5. The number of Topliss-reactive ketones (excluding diaryl/α,β-unsaturated/α-hetero) is 1. The Labute approximate surface area is 241 Å². The molecule has 0 radical (unpaired) electrons. The Kier molecular flexibility index (Phi) is 7.17. The summed E-state index contributed by atoms with van der Waals surface area (Å²) in [5.74, 6) is -1.33. The summed E-state index contributed by atoms with van der Waals surface area (Å²) in [6.45, 7) is -0.205. The van der Waals surface area contributed by atoms with Crippen LogP contribution < -0.4 is 5.32 Å². The van der Waals surface area contributed by atoms with Crippen LogP contribution in [0.3, 0.4) is 0 Å². The van der Waals surface area contributed by atoms with E-state index in [0.717, 1.165) is 9.69 Å². The average Bonchev–Trinajstić information content (AvgIpc) is 3.59. The minimum absolute atomic E-state index is 0.0237. The van der Waals surface area contributed by atoms with E-state index in [1.165, 1.54) is 41.6 Å². The first-order valence-electron chi connectivity index (χ1n) is 13.4. The molecule has 4 aromatic rings. The van der Waals surface area contributed by atoms with Crippen LogP contribution in [-0.4, -0.2) is 81.5 Å². The number of carbonyl (C=O) groups excluding carboxylic acids is 3. The van der Waals surface area contributed by atoms with Gasteiger partial charge in [0, 0.05) is 36.9 Å². The van der Waals surface area contributed by atoms with Crippen LogP contribution in [0.5, 0.6) is 5.75 Å². The zero-order valence-electron chi connectivity index (χ0n) is 22.3. The molecule has 0 bridgehead atoms. The Morgan fingerprint density at radius 2 is 1.79 bits per heavy atom. The molecule has 4 heterocycles. The Morgan fingerprint density at radius 3 is 2.55 bits per heavy atom. The van der Waals surface area contributed by atoms with Crippen molar-refractivity contribution in [1.82, 2.24) is 24.5 Å². The third-order valence-corrected chi connectivity index (χ3v) is 9.61. The number of fused-ring (bicyclic) bond motifs is 2. The van der Waals surface area contributed by atoms with Gasteiger partial charge in [0.1, 0.15) is 22.7 Å². The normalized spacial score (nSPS) is 19.5. The van der Waals surface area contributed by atoms with E-state index in [0.29, 0.717) is 16.6 Å². The van der Waals surface area contributed by atoms with Crippen molar-refractivity contribution in [3.05, 3.63) is 96.4 Å². The summed E-state index contributed by atoms with van der Waals surface area (Å²) in [6.07, 6.45) is 4.64. The first-order valence-corrected chi connectivity index (χ1v) is 14.9. The molecule has 0 aliphatic carbocycles. The van der Waals surface area contributed by atoms with Gasteiger partial charge in [0.2, 0.25) is 15.9 Å². The van der Waals surface area contributed by atoms with E-state index in [2.05, 4.69) is 15.3 Å². The molecule has 12 heteroatoms. The van der Waals surface area contributed by atoms with Gasteiger partial charge >= 0.3 is 0 Å². The van der Waals surface area contributed by atoms with Crippen LogP contribution in [0.15, 0.2) is 90.2 Å². The first-order chi connectivity index (χ1) is 20.2. The number of phenolic OH excluding ortho intramolecular Hbond substituents is 1. The fraction of sp³-hybridized carbons (Fsp3) is 0.233. The quantitative estimate of drug-likeness (QED) is 0.334. The van der Waals surface area contributed by atoms with Crippen LogP contribution in [0.4, 0.5) is 0 Å². The molecule has 2 aromatic heterocycles. The number of carbonyl (C=O) groups is 3. The van der Waals surface area contributed by atoms with Gasteiger partial charge in [0.25, 0.3) is 5.91 Å².